The SMILES string of the molecule is CN=C(NCc1nc(-c2ccco2)n[nH]1)NCC1(c2ccccc2F)CC1.I. The lowest BCUT2D eigenvalue weighted by molar-refractivity contribution is 0.559. The van der Waals surface area contributed by atoms with E-state index >= 15 is 0 Å². The van der Waals surface area contributed by atoms with Crippen molar-refractivity contribution in [2.24, 2.45) is 4.99 Å². The molecule has 4 rings (SSSR count). The van der Waals surface area contributed by atoms with E-state index in [0.29, 0.717) is 36.5 Å². The predicted molar refractivity (Wildman–Crippen MR) is 115 cm³/mol. The van der Waals surface area contributed by atoms with Crippen molar-refractivity contribution in [2.75, 3.05) is 13.6 Å². The number of halogens is 2. The number of aromatic nitrogens is 3. The third kappa shape index (κ3) is 4.34. The van der Waals surface area contributed by atoms with Gasteiger partial charge in [0.2, 0.25) is 5.82 Å². The maximum Gasteiger partial charge on any atom is 0.216 e. The number of guanidine groups is 1. The molecule has 3 aromatic rings. The van der Waals surface area contributed by atoms with Crippen molar-refractivity contribution in [2.45, 2.75) is 24.8 Å². The van der Waals surface area contributed by atoms with Crippen molar-refractivity contribution in [3.8, 4) is 11.6 Å². The molecule has 0 bridgehead atoms. The van der Waals surface area contributed by atoms with Crippen molar-refractivity contribution in [1.82, 2.24) is 25.8 Å². The summed E-state index contributed by atoms with van der Waals surface area (Å²) in [5.74, 6) is 2.27. The Morgan fingerprint density at radius 2 is 2.07 bits per heavy atom. The Hall–Kier alpha value is -2.43. The Bertz CT molecular complexity index is 936. The van der Waals surface area contributed by atoms with Crippen molar-refractivity contribution in [3.63, 3.8) is 0 Å². The van der Waals surface area contributed by atoms with E-state index in [2.05, 4.69) is 30.8 Å². The van der Waals surface area contributed by atoms with Crippen molar-refractivity contribution in [1.29, 1.82) is 0 Å². The molecule has 0 radical (unpaired) electrons. The van der Waals surface area contributed by atoms with Gasteiger partial charge in [-0.1, -0.05) is 18.2 Å². The number of nitrogens with zero attached hydrogens (tertiary/aromatic N) is 3. The number of benzene rings is 1. The van der Waals surface area contributed by atoms with E-state index in [-0.39, 0.29) is 35.2 Å². The number of aromatic amines is 1. The lowest BCUT2D eigenvalue weighted by Gasteiger charge is -2.19. The van der Waals surface area contributed by atoms with E-state index < -0.39 is 0 Å². The third-order valence-electron chi connectivity index (χ3n) is 4.81. The molecule has 148 valence electrons. The Kier molecular flexibility index (Phi) is 6.32. The number of nitrogens with one attached hydrogen (secondary N) is 3. The van der Waals surface area contributed by atoms with E-state index in [9.17, 15) is 4.39 Å². The Labute approximate surface area is 179 Å². The fraction of sp³-hybridized carbons (Fsp3) is 0.316. The minimum atomic E-state index is -0.151. The molecule has 0 atom stereocenters. The summed E-state index contributed by atoms with van der Waals surface area (Å²) >= 11 is 0. The summed E-state index contributed by atoms with van der Waals surface area (Å²) < 4.78 is 19.4. The molecule has 1 fully saturated rings. The first-order valence-electron chi connectivity index (χ1n) is 8.85. The zero-order valence-electron chi connectivity index (χ0n) is 15.4. The van der Waals surface area contributed by atoms with Crippen molar-refractivity contribution < 1.29 is 8.81 Å². The van der Waals surface area contributed by atoms with Gasteiger partial charge in [-0.2, -0.15) is 0 Å². The van der Waals surface area contributed by atoms with Crippen LogP contribution in [-0.4, -0.2) is 34.7 Å². The van der Waals surface area contributed by atoms with Crippen LogP contribution in [0.25, 0.3) is 11.6 Å². The van der Waals surface area contributed by atoms with E-state index in [0.717, 1.165) is 18.4 Å². The van der Waals surface area contributed by atoms with Crippen LogP contribution in [0.2, 0.25) is 0 Å². The number of hydrogen-bond donors (Lipinski definition) is 3. The molecule has 2 heterocycles. The van der Waals surface area contributed by atoms with Gasteiger partial charge in [0.1, 0.15) is 11.6 Å². The second kappa shape index (κ2) is 8.72. The molecular formula is C19H22FIN6O. The molecule has 1 aliphatic carbocycles. The topological polar surface area (TPSA) is 91.1 Å². The summed E-state index contributed by atoms with van der Waals surface area (Å²) in [5.41, 5.74) is 0.619. The van der Waals surface area contributed by atoms with Gasteiger partial charge in [-0.25, -0.2) is 9.37 Å². The van der Waals surface area contributed by atoms with Crippen LogP contribution in [0.3, 0.4) is 0 Å². The summed E-state index contributed by atoms with van der Waals surface area (Å²) in [5, 5.41) is 13.5. The molecular weight excluding hydrogens is 474 g/mol. The molecule has 0 unspecified atom stereocenters. The number of rotatable bonds is 6. The van der Waals surface area contributed by atoms with Gasteiger partial charge in [0.25, 0.3) is 0 Å². The first-order valence-corrected chi connectivity index (χ1v) is 8.85. The number of aliphatic imine (C=N–C) groups is 1. The highest BCUT2D eigenvalue weighted by Gasteiger charge is 2.45. The van der Waals surface area contributed by atoms with E-state index in [1.807, 2.05) is 12.1 Å². The quantitative estimate of drug-likeness (QED) is 0.277. The normalized spacial score (nSPS) is 15.0. The van der Waals surface area contributed by atoms with Crippen molar-refractivity contribution >= 4 is 29.9 Å². The second-order valence-electron chi connectivity index (χ2n) is 6.62. The number of H-pyrrole nitrogens is 1. The summed E-state index contributed by atoms with van der Waals surface area (Å²) in [4.78, 5) is 8.61. The van der Waals surface area contributed by atoms with Gasteiger partial charge in [0.05, 0.1) is 12.8 Å². The smallest absolute Gasteiger partial charge is 0.216 e. The molecule has 0 aliphatic heterocycles. The molecule has 1 aromatic carbocycles. The average molecular weight is 496 g/mol. The van der Waals surface area contributed by atoms with Gasteiger partial charge >= 0.3 is 0 Å². The standard InChI is InChI=1S/C19H21FN6O.HI/c1-21-18(22-11-16-24-17(26-25-16)15-7-4-10-27-15)23-12-19(8-9-19)13-5-2-3-6-14(13)20;/h2-7,10H,8-9,11-12H2,1H3,(H2,21,22,23)(H,24,25,26);1H. The molecule has 1 saturated carbocycles. The van der Waals surface area contributed by atoms with Crippen LogP contribution >= 0.6 is 24.0 Å². The molecule has 0 saturated heterocycles. The molecule has 0 spiro atoms. The summed E-state index contributed by atoms with van der Waals surface area (Å²) in [6.45, 7) is 1.06. The number of hydrogen-bond acceptors (Lipinski definition) is 4. The van der Waals surface area contributed by atoms with E-state index in [1.54, 1.807) is 31.5 Å². The van der Waals surface area contributed by atoms with Gasteiger partial charge in [0, 0.05) is 19.0 Å². The van der Waals surface area contributed by atoms with Crippen LogP contribution in [0, 0.1) is 5.82 Å². The molecule has 2 aromatic heterocycles. The fourth-order valence-electron chi connectivity index (χ4n) is 3.11. The summed E-state index contributed by atoms with van der Waals surface area (Å²) in [7, 11) is 1.70. The van der Waals surface area contributed by atoms with Gasteiger partial charge in [-0.3, -0.25) is 10.1 Å². The molecule has 3 N–H and O–H groups in total. The maximum atomic E-state index is 14.1. The minimum Gasteiger partial charge on any atom is -0.461 e. The lowest BCUT2D eigenvalue weighted by Crippen LogP contribution is -2.41. The van der Waals surface area contributed by atoms with Crippen LogP contribution in [0.4, 0.5) is 4.39 Å². The Morgan fingerprint density at radius 3 is 2.75 bits per heavy atom. The Balaban J connectivity index is 0.00000225. The van der Waals surface area contributed by atoms with Gasteiger partial charge in [-0.05, 0) is 36.6 Å². The molecule has 7 nitrogen and oxygen atoms in total. The van der Waals surface area contributed by atoms with Gasteiger partial charge in [0.15, 0.2) is 11.7 Å². The van der Waals surface area contributed by atoms with Crippen LogP contribution < -0.4 is 10.6 Å². The highest BCUT2D eigenvalue weighted by atomic mass is 127. The zero-order valence-corrected chi connectivity index (χ0v) is 17.7. The third-order valence-corrected chi connectivity index (χ3v) is 4.81. The average Bonchev–Trinajstić information content (AvgIpc) is 3.09. The highest BCUT2D eigenvalue weighted by Crippen LogP contribution is 2.48. The van der Waals surface area contributed by atoms with Crippen LogP contribution in [0.5, 0.6) is 0 Å². The van der Waals surface area contributed by atoms with Crippen LogP contribution in [-0.2, 0) is 12.0 Å². The lowest BCUT2D eigenvalue weighted by atomic mass is 9.95. The maximum absolute atomic E-state index is 14.1. The fourth-order valence-corrected chi connectivity index (χ4v) is 3.11. The van der Waals surface area contributed by atoms with Gasteiger partial charge < -0.3 is 15.1 Å². The van der Waals surface area contributed by atoms with E-state index in [4.69, 9.17) is 4.42 Å². The minimum absolute atomic E-state index is 0. The van der Waals surface area contributed by atoms with Gasteiger partial charge in [-0.15, -0.1) is 29.1 Å². The molecule has 0 amide bonds. The molecule has 9 heteroatoms. The molecule has 28 heavy (non-hydrogen) atoms. The first kappa shape index (κ1) is 20.3. The van der Waals surface area contributed by atoms with Crippen molar-refractivity contribution in [3.05, 3.63) is 59.9 Å². The van der Waals surface area contributed by atoms with Crippen LogP contribution in [0.15, 0.2) is 52.1 Å². The van der Waals surface area contributed by atoms with E-state index in [1.165, 1.54) is 6.07 Å². The first-order chi connectivity index (χ1) is 13.2. The molecule has 1 aliphatic rings. The monoisotopic (exact) mass is 496 g/mol. The highest BCUT2D eigenvalue weighted by molar-refractivity contribution is 14.0. The zero-order chi connectivity index (χ0) is 18.7. The second-order valence-corrected chi connectivity index (χ2v) is 6.62. The largest absolute Gasteiger partial charge is 0.461 e. The summed E-state index contributed by atoms with van der Waals surface area (Å²) in [6.07, 6.45) is 3.51. The predicted octanol–water partition coefficient (Wildman–Crippen LogP) is 3.22. The number of furan rings is 1. The summed E-state index contributed by atoms with van der Waals surface area (Å²) in [6, 6.07) is 10.6. The van der Waals surface area contributed by atoms with Crippen LogP contribution in [0.1, 0.15) is 24.2 Å². The Morgan fingerprint density at radius 1 is 1.25 bits per heavy atom.